The number of hydrogen-bond acceptors (Lipinski definition) is 11. The van der Waals surface area contributed by atoms with Crippen molar-refractivity contribution in [2.45, 2.75) is 77.3 Å². The predicted octanol–water partition coefficient (Wildman–Crippen LogP) is 3.49. The molecule has 2 N–H and O–H groups in total. The molecule has 0 saturated heterocycles. The van der Waals surface area contributed by atoms with Crippen LogP contribution in [0, 0.1) is 28.9 Å². The number of aliphatic hydroxyl groups is 2. The first kappa shape index (κ1) is 34.7. The fourth-order valence-electron chi connectivity index (χ4n) is 4.56. The zero-order valence-corrected chi connectivity index (χ0v) is 24.5. The second-order valence-electron chi connectivity index (χ2n) is 10.4. The van der Waals surface area contributed by atoms with Gasteiger partial charge in [0.25, 0.3) is 5.09 Å². The van der Waals surface area contributed by atoms with Crippen LogP contribution in [0.5, 0.6) is 5.75 Å². The van der Waals surface area contributed by atoms with Crippen LogP contribution in [-0.2, 0) is 28.6 Å². The summed E-state index contributed by atoms with van der Waals surface area (Å²) in [5, 5.41) is 30.5. The largest absolute Gasteiger partial charge is 0.489 e. The summed E-state index contributed by atoms with van der Waals surface area (Å²) < 4.78 is 21.5. The number of benzene rings is 1. The molecule has 1 aliphatic rings. The van der Waals surface area contributed by atoms with Crippen molar-refractivity contribution in [1.29, 1.82) is 0 Å². The number of hydrogen-bond donors (Lipinski definition) is 2. The van der Waals surface area contributed by atoms with E-state index in [9.17, 15) is 29.9 Å². The molecule has 0 radical (unpaired) electrons. The van der Waals surface area contributed by atoms with Gasteiger partial charge in [-0.25, -0.2) is 4.79 Å². The summed E-state index contributed by atoms with van der Waals surface area (Å²) in [6.07, 6.45) is 7.24. The van der Waals surface area contributed by atoms with Crippen LogP contribution >= 0.6 is 0 Å². The van der Waals surface area contributed by atoms with E-state index in [0.717, 1.165) is 5.56 Å². The highest BCUT2D eigenvalue weighted by Gasteiger charge is 2.39. The number of aliphatic hydroxyl groups excluding tert-OH is 2. The molecule has 12 heteroatoms. The summed E-state index contributed by atoms with van der Waals surface area (Å²) in [4.78, 5) is 38.4. The molecule has 0 aliphatic heterocycles. The fourth-order valence-corrected chi connectivity index (χ4v) is 4.56. The Bertz CT molecular complexity index is 1040. The van der Waals surface area contributed by atoms with E-state index < -0.39 is 36.0 Å². The van der Waals surface area contributed by atoms with Crippen LogP contribution in [0.2, 0.25) is 0 Å². The summed E-state index contributed by atoms with van der Waals surface area (Å²) in [5.74, 6) is -0.981. The normalized spacial score (nSPS) is 21.1. The van der Waals surface area contributed by atoms with Crippen LogP contribution in [0.15, 0.2) is 48.6 Å². The van der Waals surface area contributed by atoms with E-state index in [1.54, 1.807) is 18.2 Å². The molecule has 0 bridgehead atoms. The molecule has 0 aromatic heterocycles. The number of carbonyl (C=O) groups is 2. The van der Waals surface area contributed by atoms with Crippen LogP contribution < -0.4 is 4.74 Å². The van der Waals surface area contributed by atoms with Gasteiger partial charge in [0.05, 0.1) is 24.9 Å². The molecule has 1 aromatic rings. The van der Waals surface area contributed by atoms with Gasteiger partial charge >= 0.3 is 11.9 Å². The lowest BCUT2D eigenvalue weighted by atomic mass is 9.89. The molecule has 0 unspecified atom stereocenters. The Labute approximate surface area is 246 Å². The smallest absolute Gasteiger partial charge is 0.332 e. The lowest BCUT2D eigenvalue weighted by Gasteiger charge is -2.21. The van der Waals surface area contributed by atoms with Crippen molar-refractivity contribution >= 4 is 11.9 Å². The van der Waals surface area contributed by atoms with Gasteiger partial charge in [-0.05, 0) is 69.7 Å². The third-order valence-electron chi connectivity index (χ3n) is 6.49. The molecule has 1 saturated carbocycles. The first-order valence-electron chi connectivity index (χ1n) is 14.2. The number of carbonyl (C=O) groups excluding carboxylic acids is 2. The summed E-state index contributed by atoms with van der Waals surface area (Å²) in [5.41, 5.74) is 0.997. The molecule has 0 amide bonds. The van der Waals surface area contributed by atoms with Crippen molar-refractivity contribution < 1.29 is 48.7 Å². The molecule has 12 nitrogen and oxygen atoms in total. The maximum Gasteiger partial charge on any atom is 0.332 e. The van der Waals surface area contributed by atoms with Gasteiger partial charge in [-0.1, -0.05) is 30.4 Å². The van der Waals surface area contributed by atoms with Gasteiger partial charge < -0.3 is 34.0 Å². The van der Waals surface area contributed by atoms with Gasteiger partial charge in [-0.3, -0.25) is 4.79 Å². The number of rotatable bonds is 19. The highest BCUT2D eigenvalue weighted by atomic mass is 17.0. The van der Waals surface area contributed by atoms with Gasteiger partial charge in [0, 0.05) is 18.8 Å². The van der Waals surface area contributed by atoms with E-state index in [1.165, 1.54) is 0 Å². The maximum absolute atomic E-state index is 12.4. The van der Waals surface area contributed by atoms with Gasteiger partial charge in [-0.15, -0.1) is 10.1 Å². The Morgan fingerprint density at radius 3 is 2.62 bits per heavy atom. The Hall–Kier alpha value is -3.48. The van der Waals surface area contributed by atoms with Crippen LogP contribution in [0.3, 0.4) is 0 Å². The molecule has 5 atom stereocenters. The minimum Gasteiger partial charge on any atom is -0.489 e. The first-order chi connectivity index (χ1) is 20.0. The SMILES string of the molecule is Cc1cccc(OC[C@@H](/C=C/[C@@H]2[C@@H](C/C=C\CCCC(=O)OC(C)C)[C@@H](O)C[C@H]2O)OC(=O)COCCO[N+](=O)[O-])c1. The Balaban J connectivity index is 1.97. The third kappa shape index (κ3) is 13.9. The number of aryl methyl sites for hydroxylation is 1. The number of ether oxygens (including phenoxy) is 4. The van der Waals surface area contributed by atoms with E-state index in [-0.39, 0.29) is 50.2 Å². The van der Waals surface area contributed by atoms with Gasteiger partial charge in [0.15, 0.2) is 6.10 Å². The number of esters is 2. The second-order valence-corrected chi connectivity index (χ2v) is 10.4. The summed E-state index contributed by atoms with van der Waals surface area (Å²) in [7, 11) is 0. The van der Waals surface area contributed by atoms with Crippen molar-refractivity contribution in [1.82, 2.24) is 0 Å². The summed E-state index contributed by atoms with van der Waals surface area (Å²) in [6.45, 7) is 4.61. The molecule has 2 rings (SSSR count). The van der Waals surface area contributed by atoms with E-state index in [1.807, 2.05) is 51.1 Å². The van der Waals surface area contributed by atoms with Gasteiger partial charge in [-0.2, -0.15) is 0 Å². The molecule has 0 spiro atoms. The van der Waals surface area contributed by atoms with Crippen molar-refractivity contribution in [3.8, 4) is 5.75 Å². The first-order valence-corrected chi connectivity index (χ1v) is 14.2. The van der Waals surface area contributed by atoms with Crippen molar-refractivity contribution in [3.63, 3.8) is 0 Å². The maximum atomic E-state index is 12.4. The number of unbranched alkanes of at least 4 members (excludes halogenated alkanes) is 1. The van der Waals surface area contributed by atoms with E-state index >= 15 is 0 Å². The van der Waals surface area contributed by atoms with Crippen LogP contribution in [-0.4, -0.2) is 78.1 Å². The number of allylic oxidation sites excluding steroid dienone is 2. The number of nitrogens with zero attached hydrogens (tertiary/aromatic N) is 1. The molecule has 0 heterocycles. The molecular weight excluding hydrogens is 550 g/mol. The molecule has 1 aromatic carbocycles. The van der Waals surface area contributed by atoms with E-state index in [4.69, 9.17) is 18.9 Å². The average molecular weight is 594 g/mol. The van der Waals surface area contributed by atoms with Gasteiger partial charge in [0.1, 0.15) is 25.6 Å². The second kappa shape index (κ2) is 18.9. The van der Waals surface area contributed by atoms with E-state index in [0.29, 0.717) is 31.4 Å². The minimum absolute atomic E-state index is 0.00862. The quantitative estimate of drug-likeness (QED) is 0.0793. The molecular formula is C30H43NO11. The standard InChI is InChI=1S/C30H43NO11/c1-21(2)41-29(34)12-7-5-4-6-11-25-26(28(33)18-27(25)32)14-13-24(19-39-23-10-8-9-22(3)17-23)42-30(35)20-38-15-16-40-31(36)37/h4,6,8-10,13-14,17,21,24-28,32-33H,5,7,11-12,15-16,18-20H2,1-3H3/b6-4-,14-13+/t24-,25-,26-,27+,28-/m1/s1. The molecule has 42 heavy (non-hydrogen) atoms. The van der Waals surface area contributed by atoms with Crippen molar-refractivity contribution in [2.75, 3.05) is 26.4 Å². The highest BCUT2D eigenvalue weighted by molar-refractivity contribution is 5.71. The average Bonchev–Trinajstić information content (AvgIpc) is 3.18. The van der Waals surface area contributed by atoms with Crippen LogP contribution in [0.4, 0.5) is 0 Å². The molecule has 234 valence electrons. The van der Waals surface area contributed by atoms with Crippen molar-refractivity contribution in [2.24, 2.45) is 11.8 Å². The predicted molar refractivity (Wildman–Crippen MR) is 152 cm³/mol. The molecule has 1 aliphatic carbocycles. The monoisotopic (exact) mass is 593 g/mol. The van der Waals surface area contributed by atoms with Crippen LogP contribution in [0.25, 0.3) is 0 Å². The Morgan fingerprint density at radius 2 is 1.90 bits per heavy atom. The van der Waals surface area contributed by atoms with E-state index in [2.05, 4.69) is 4.84 Å². The third-order valence-corrected chi connectivity index (χ3v) is 6.49. The Kier molecular flexibility index (Phi) is 15.6. The lowest BCUT2D eigenvalue weighted by Crippen LogP contribution is -2.27. The zero-order chi connectivity index (χ0) is 30.9. The van der Waals surface area contributed by atoms with Crippen LogP contribution in [0.1, 0.15) is 51.5 Å². The topological polar surface area (TPSA) is 164 Å². The Morgan fingerprint density at radius 1 is 1.12 bits per heavy atom. The molecule has 1 fully saturated rings. The highest BCUT2D eigenvalue weighted by Crippen LogP contribution is 2.36. The minimum atomic E-state index is -0.949. The summed E-state index contributed by atoms with van der Waals surface area (Å²) >= 11 is 0. The lowest BCUT2D eigenvalue weighted by molar-refractivity contribution is -0.758. The summed E-state index contributed by atoms with van der Waals surface area (Å²) in [6, 6.07) is 7.38. The van der Waals surface area contributed by atoms with Gasteiger partial charge in [0.2, 0.25) is 0 Å². The van der Waals surface area contributed by atoms with Crippen molar-refractivity contribution in [3.05, 3.63) is 64.2 Å². The fraction of sp³-hybridized carbons (Fsp3) is 0.600. The zero-order valence-electron chi connectivity index (χ0n) is 24.5.